The molecule has 0 unspecified atom stereocenters. The highest BCUT2D eigenvalue weighted by Crippen LogP contribution is 2.28. The van der Waals surface area contributed by atoms with Crippen LogP contribution < -0.4 is 4.90 Å². The van der Waals surface area contributed by atoms with E-state index < -0.39 is 0 Å². The highest BCUT2D eigenvalue weighted by atomic mass is 15.3. The molecule has 0 spiro atoms. The molecule has 22 heavy (non-hydrogen) atoms. The van der Waals surface area contributed by atoms with Gasteiger partial charge in [0.15, 0.2) is 5.82 Å². The molecule has 0 saturated carbocycles. The summed E-state index contributed by atoms with van der Waals surface area (Å²) in [5, 5.41) is 7.79. The lowest BCUT2D eigenvalue weighted by Crippen LogP contribution is -2.35. The first-order chi connectivity index (χ1) is 10.8. The zero-order chi connectivity index (χ0) is 14.9. The third-order valence-electron chi connectivity index (χ3n) is 4.22. The topological polar surface area (TPSA) is 72.6 Å². The zero-order valence-electron chi connectivity index (χ0n) is 12.4. The van der Waals surface area contributed by atoms with Crippen molar-refractivity contribution in [3.05, 3.63) is 36.8 Å². The van der Waals surface area contributed by atoms with Gasteiger partial charge in [-0.05, 0) is 31.9 Å². The third-order valence-corrected chi connectivity index (χ3v) is 4.22. The number of hydrogen-bond acceptors (Lipinski definition) is 6. The van der Waals surface area contributed by atoms with E-state index in [2.05, 4.69) is 34.6 Å². The molecule has 0 aliphatic carbocycles. The molecule has 4 rings (SSSR count). The number of nitrogens with zero attached hydrogens (tertiary/aromatic N) is 7. The van der Waals surface area contributed by atoms with Crippen molar-refractivity contribution in [3.63, 3.8) is 0 Å². The molecule has 1 aliphatic heterocycles. The number of fused-ring (bicyclic) bond motifs is 1. The number of aromatic nitrogens is 6. The van der Waals surface area contributed by atoms with E-state index in [1.54, 1.807) is 19.0 Å². The van der Waals surface area contributed by atoms with Crippen LogP contribution in [0.5, 0.6) is 0 Å². The van der Waals surface area contributed by atoms with Crippen LogP contribution in [-0.2, 0) is 0 Å². The molecular weight excluding hydrogens is 278 g/mol. The SMILES string of the molecule is Cc1ccc2ncnc(N3CCC(n4cnnc4)CC3)c2n1. The maximum absolute atomic E-state index is 4.63. The maximum atomic E-state index is 4.63. The number of rotatable bonds is 2. The van der Waals surface area contributed by atoms with Gasteiger partial charge in [0.05, 0.1) is 5.52 Å². The quantitative estimate of drug-likeness (QED) is 0.717. The Labute approximate surface area is 128 Å². The molecule has 4 heterocycles. The van der Waals surface area contributed by atoms with Crippen LogP contribution in [0.1, 0.15) is 24.6 Å². The van der Waals surface area contributed by atoms with Gasteiger partial charge in [-0.15, -0.1) is 10.2 Å². The van der Waals surface area contributed by atoms with Gasteiger partial charge < -0.3 is 9.47 Å². The van der Waals surface area contributed by atoms with Gasteiger partial charge in [0.2, 0.25) is 0 Å². The first kappa shape index (κ1) is 13.1. The van der Waals surface area contributed by atoms with E-state index in [-0.39, 0.29) is 0 Å². The van der Waals surface area contributed by atoms with Crippen molar-refractivity contribution < 1.29 is 0 Å². The van der Waals surface area contributed by atoms with Gasteiger partial charge >= 0.3 is 0 Å². The number of pyridine rings is 1. The minimum atomic E-state index is 0.467. The maximum Gasteiger partial charge on any atom is 0.158 e. The minimum absolute atomic E-state index is 0.467. The second-order valence-electron chi connectivity index (χ2n) is 5.64. The van der Waals surface area contributed by atoms with Crippen LogP contribution >= 0.6 is 0 Å². The van der Waals surface area contributed by atoms with Crippen LogP contribution in [0.25, 0.3) is 11.0 Å². The third kappa shape index (κ3) is 2.28. The molecule has 0 radical (unpaired) electrons. The van der Waals surface area contributed by atoms with Crippen molar-refractivity contribution in [3.8, 4) is 0 Å². The fraction of sp³-hybridized carbons (Fsp3) is 0.400. The summed E-state index contributed by atoms with van der Waals surface area (Å²) in [4.78, 5) is 15.7. The van der Waals surface area contributed by atoms with Crippen LogP contribution in [-0.4, -0.2) is 42.8 Å². The Morgan fingerprint density at radius 1 is 1.05 bits per heavy atom. The minimum Gasteiger partial charge on any atom is -0.355 e. The van der Waals surface area contributed by atoms with Crippen molar-refractivity contribution in [2.75, 3.05) is 18.0 Å². The molecule has 0 bridgehead atoms. The molecule has 0 atom stereocenters. The van der Waals surface area contributed by atoms with Crippen molar-refractivity contribution in [2.24, 2.45) is 0 Å². The van der Waals surface area contributed by atoms with E-state index in [1.807, 2.05) is 19.1 Å². The summed E-state index contributed by atoms with van der Waals surface area (Å²) in [5.41, 5.74) is 2.78. The average molecular weight is 295 g/mol. The second kappa shape index (κ2) is 5.32. The summed E-state index contributed by atoms with van der Waals surface area (Å²) in [5.74, 6) is 0.941. The summed E-state index contributed by atoms with van der Waals surface area (Å²) < 4.78 is 2.10. The number of aryl methyl sites for hydroxylation is 1. The van der Waals surface area contributed by atoms with E-state index in [0.717, 1.165) is 48.5 Å². The van der Waals surface area contributed by atoms with Crippen LogP contribution in [0.15, 0.2) is 31.1 Å². The highest BCUT2D eigenvalue weighted by molar-refractivity contribution is 5.85. The van der Waals surface area contributed by atoms with Crippen LogP contribution in [0, 0.1) is 6.92 Å². The lowest BCUT2D eigenvalue weighted by Gasteiger charge is -2.33. The summed E-state index contributed by atoms with van der Waals surface area (Å²) in [6.07, 6.45) is 7.32. The summed E-state index contributed by atoms with van der Waals surface area (Å²) >= 11 is 0. The molecule has 3 aromatic rings. The molecule has 7 nitrogen and oxygen atoms in total. The Morgan fingerprint density at radius 3 is 2.59 bits per heavy atom. The Bertz CT molecular complexity index is 776. The standard InChI is InChI=1S/C15H17N7/c1-11-2-3-13-14(20-11)15(17-8-16-13)21-6-4-12(5-7-21)22-9-18-19-10-22/h2-3,8-10,12H,4-7H2,1H3. The van der Waals surface area contributed by atoms with Crippen LogP contribution in [0.2, 0.25) is 0 Å². The molecule has 0 N–H and O–H groups in total. The largest absolute Gasteiger partial charge is 0.355 e. The lowest BCUT2D eigenvalue weighted by atomic mass is 10.0. The monoisotopic (exact) mass is 295 g/mol. The van der Waals surface area contributed by atoms with Gasteiger partial charge in [0, 0.05) is 24.8 Å². The van der Waals surface area contributed by atoms with Crippen LogP contribution in [0.3, 0.4) is 0 Å². The molecule has 112 valence electrons. The van der Waals surface area contributed by atoms with E-state index in [0.29, 0.717) is 6.04 Å². The summed E-state index contributed by atoms with van der Waals surface area (Å²) in [7, 11) is 0. The first-order valence-electron chi connectivity index (χ1n) is 7.49. The zero-order valence-corrected chi connectivity index (χ0v) is 12.4. The van der Waals surface area contributed by atoms with E-state index >= 15 is 0 Å². The predicted molar refractivity (Wildman–Crippen MR) is 82.6 cm³/mol. The molecule has 0 amide bonds. The fourth-order valence-electron chi connectivity index (χ4n) is 3.03. The van der Waals surface area contributed by atoms with Crippen molar-refractivity contribution in [1.29, 1.82) is 0 Å². The van der Waals surface area contributed by atoms with Gasteiger partial charge in [-0.3, -0.25) is 0 Å². The summed E-state index contributed by atoms with van der Waals surface area (Å²) in [6, 6.07) is 4.46. The molecule has 1 aliphatic rings. The molecule has 3 aromatic heterocycles. The molecule has 0 aromatic carbocycles. The normalized spacial score (nSPS) is 16.3. The number of piperidine rings is 1. The van der Waals surface area contributed by atoms with Crippen LogP contribution in [0.4, 0.5) is 5.82 Å². The molecule has 1 saturated heterocycles. The smallest absolute Gasteiger partial charge is 0.158 e. The van der Waals surface area contributed by atoms with Gasteiger partial charge in [-0.2, -0.15) is 0 Å². The van der Waals surface area contributed by atoms with Crippen molar-refractivity contribution >= 4 is 16.9 Å². The number of anilines is 1. The first-order valence-corrected chi connectivity index (χ1v) is 7.49. The van der Waals surface area contributed by atoms with E-state index in [9.17, 15) is 0 Å². The lowest BCUT2D eigenvalue weighted by molar-refractivity contribution is 0.394. The Morgan fingerprint density at radius 2 is 1.82 bits per heavy atom. The highest BCUT2D eigenvalue weighted by Gasteiger charge is 2.23. The van der Waals surface area contributed by atoms with Crippen molar-refractivity contribution in [2.45, 2.75) is 25.8 Å². The van der Waals surface area contributed by atoms with Gasteiger partial charge in [-0.1, -0.05) is 0 Å². The molecule has 1 fully saturated rings. The Hall–Kier alpha value is -2.57. The fourth-order valence-corrected chi connectivity index (χ4v) is 3.03. The van der Waals surface area contributed by atoms with Gasteiger partial charge in [-0.25, -0.2) is 15.0 Å². The Balaban J connectivity index is 1.60. The average Bonchev–Trinajstić information content (AvgIpc) is 3.09. The Kier molecular flexibility index (Phi) is 3.17. The second-order valence-corrected chi connectivity index (χ2v) is 5.64. The number of hydrogen-bond donors (Lipinski definition) is 0. The molecule has 7 heteroatoms. The van der Waals surface area contributed by atoms with E-state index in [4.69, 9.17) is 0 Å². The van der Waals surface area contributed by atoms with Crippen molar-refractivity contribution in [1.82, 2.24) is 29.7 Å². The van der Waals surface area contributed by atoms with Gasteiger partial charge in [0.25, 0.3) is 0 Å². The van der Waals surface area contributed by atoms with Gasteiger partial charge in [0.1, 0.15) is 24.5 Å². The predicted octanol–water partition coefficient (Wildman–Crippen LogP) is 1.77. The van der Waals surface area contributed by atoms with E-state index in [1.165, 1.54) is 0 Å². The summed E-state index contributed by atoms with van der Waals surface area (Å²) in [6.45, 7) is 3.89. The molecular formula is C15H17N7.